The molecule has 0 heterocycles. The van der Waals surface area contributed by atoms with E-state index in [1.54, 1.807) is 0 Å². The van der Waals surface area contributed by atoms with E-state index in [-0.39, 0.29) is 27.7 Å². The van der Waals surface area contributed by atoms with Gasteiger partial charge in [0.05, 0.1) is 0 Å². The average molecular weight is 310 g/mol. The van der Waals surface area contributed by atoms with Crippen molar-refractivity contribution in [2.75, 3.05) is 5.33 Å². The Balaban J connectivity index is 0. The smallest absolute Gasteiger partial charge is 0.000281 e. The molecule has 0 atom stereocenters. The van der Waals surface area contributed by atoms with Gasteiger partial charge in [-0.2, -0.15) is 0 Å². The van der Waals surface area contributed by atoms with Crippen molar-refractivity contribution in [3.8, 4) is 0 Å². The minimum absolute atomic E-state index is 0. The van der Waals surface area contributed by atoms with Gasteiger partial charge < -0.3 is 0 Å². The number of alkyl halides is 1. The van der Waals surface area contributed by atoms with Crippen LogP contribution in [0.1, 0.15) is 6.92 Å². The van der Waals surface area contributed by atoms with Crippen LogP contribution in [0.15, 0.2) is 0 Å². The first kappa shape index (κ1) is 9.05. The zero-order valence-electron chi connectivity index (χ0n) is 2.79. The molecular formula is C2H5BrHg. The second kappa shape index (κ2) is 8.83. The Morgan fingerprint density at radius 1 is 1.75 bits per heavy atom. The maximum Gasteiger partial charge on any atom is 0.000281 e. The quantitative estimate of drug-likeness (QED) is 0.469. The van der Waals surface area contributed by atoms with Crippen LogP contribution in [0.4, 0.5) is 0 Å². The predicted octanol–water partition coefficient (Wildman–Crippen LogP) is 1.40. The summed E-state index contributed by atoms with van der Waals surface area (Å²) in [6, 6.07) is 0. The molecule has 0 bridgehead atoms. The van der Waals surface area contributed by atoms with Crippen LogP contribution in [-0.2, 0) is 27.7 Å². The molecule has 0 fully saturated rings. The number of hydrogen-bond acceptors (Lipinski definition) is 0. The Hall–Kier alpha value is 1.42. The van der Waals surface area contributed by atoms with Crippen LogP contribution in [-0.4, -0.2) is 5.33 Å². The molecule has 0 saturated heterocycles. The molecule has 4 heavy (non-hydrogen) atoms. The van der Waals surface area contributed by atoms with E-state index in [1.807, 2.05) is 6.92 Å². The van der Waals surface area contributed by atoms with Gasteiger partial charge in [-0.25, -0.2) is 0 Å². The number of rotatable bonds is 0. The summed E-state index contributed by atoms with van der Waals surface area (Å²) in [5.74, 6) is 0. The zero-order valence-corrected chi connectivity index (χ0v) is 9.88. The van der Waals surface area contributed by atoms with Crippen LogP contribution in [0.25, 0.3) is 0 Å². The van der Waals surface area contributed by atoms with Gasteiger partial charge in [0.15, 0.2) is 0 Å². The van der Waals surface area contributed by atoms with Crippen LogP contribution < -0.4 is 0 Å². The topological polar surface area (TPSA) is 0 Å². The second-order valence-corrected chi connectivity index (χ2v) is 1.39. The molecule has 0 aliphatic rings. The first-order valence-corrected chi connectivity index (χ1v) is 2.10. The molecule has 0 rings (SSSR count). The molecule has 22 valence electrons. The van der Waals surface area contributed by atoms with Gasteiger partial charge in [0.1, 0.15) is 0 Å². The summed E-state index contributed by atoms with van der Waals surface area (Å²) in [5, 5.41) is 1.06. The van der Waals surface area contributed by atoms with Gasteiger partial charge in [0.2, 0.25) is 0 Å². The predicted molar refractivity (Wildman–Crippen MR) is 19.5 cm³/mol. The number of hydrogen-bond donors (Lipinski definition) is 0. The Morgan fingerprint density at radius 3 is 1.75 bits per heavy atom. The summed E-state index contributed by atoms with van der Waals surface area (Å²) < 4.78 is 0. The van der Waals surface area contributed by atoms with Crippen molar-refractivity contribution >= 4 is 15.9 Å². The Kier molecular flexibility index (Phi) is 20.0. The van der Waals surface area contributed by atoms with Gasteiger partial charge in [-0.3, -0.25) is 0 Å². The Bertz CT molecular complexity index is 6.00. The third kappa shape index (κ3) is 9.95. The number of halogens is 1. The largest absolute Gasteiger partial charge is 0.0931 e. The Morgan fingerprint density at radius 2 is 1.75 bits per heavy atom. The van der Waals surface area contributed by atoms with Crippen molar-refractivity contribution in [1.82, 2.24) is 0 Å². The fourth-order valence-corrected chi connectivity index (χ4v) is 0. The molecule has 0 radical (unpaired) electrons. The molecule has 0 saturated carbocycles. The monoisotopic (exact) mass is 310 g/mol. The van der Waals surface area contributed by atoms with E-state index in [9.17, 15) is 0 Å². The molecule has 0 aromatic carbocycles. The summed E-state index contributed by atoms with van der Waals surface area (Å²) in [5.41, 5.74) is 0. The van der Waals surface area contributed by atoms with E-state index in [0.717, 1.165) is 5.33 Å². The maximum absolute atomic E-state index is 3.15. The van der Waals surface area contributed by atoms with Crippen molar-refractivity contribution in [2.24, 2.45) is 0 Å². The molecule has 0 N–H and O–H groups in total. The van der Waals surface area contributed by atoms with Crippen molar-refractivity contribution in [2.45, 2.75) is 6.92 Å². The SMILES string of the molecule is CCBr.[Hg]. The van der Waals surface area contributed by atoms with Crippen LogP contribution in [0.2, 0.25) is 0 Å². The van der Waals surface area contributed by atoms with E-state index < -0.39 is 0 Å². The van der Waals surface area contributed by atoms with Crippen molar-refractivity contribution < 1.29 is 27.7 Å². The molecule has 0 spiro atoms. The summed E-state index contributed by atoms with van der Waals surface area (Å²) in [4.78, 5) is 0. The van der Waals surface area contributed by atoms with Crippen LogP contribution >= 0.6 is 15.9 Å². The molecule has 0 amide bonds. The van der Waals surface area contributed by atoms with Gasteiger partial charge in [-0.05, 0) is 0 Å². The van der Waals surface area contributed by atoms with Gasteiger partial charge in [-0.15, -0.1) is 0 Å². The van der Waals surface area contributed by atoms with E-state index in [2.05, 4.69) is 15.9 Å². The summed E-state index contributed by atoms with van der Waals surface area (Å²) in [6.07, 6.45) is 0. The van der Waals surface area contributed by atoms with Crippen molar-refractivity contribution in [3.05, 3.63) is 0 Å². The molecule has 0 aliphatic carbocycles. The minimum Gasteiger partial charge on any atom is -0.0931 e. The van der Waals surface area contributed by atoms with Crippen LogP contribution in [0, 0.1) is 0 Å². The molecule has 0 nitrogen and oxygen atoms in total. The van der Waals surface area contributed by atoms with Gasteiger partial charge in [-0.1, -0.05) is 22.9 Å². The molecule has 0 unspecified atom stereocenters. The average Bonchev–Trinajstić information content (AvgIpc) is 0.918. The fourth-order valence-electron chi connectivity index (χ4n) is 0. The maximum atomic E-state index is 3.15. The molecule has 0 aromatic rings. The second-order valence-electron chi connectivity index (χ2n) is 0.267. The summed E-state index contributed by atoms with van der Waals surface area (Å²) in [7, 11) is 0. The fraction of sp³-hybridized carbons (Fsp3) is 1.00. The van der Waals surface area contributed by atoms with Crippen molar-refractivity contribution in [1.29, 1.82) is 0 Å². The normalized spacial score (nSPS) is 4.50. The molecule has 0 aromatic heterocycles. The first-order valence-electron chi connectivity index (χ1n) is 0.974. The van der Waals surface area contributed by atoms with Crippen molar-refractivity contribution in [3.63, 3.8) is 0 Å². The summed E-state index contributed by atoms with van der Waals surface area (Å²) >= 11 is 3.15. The van der Waals surface area contributed by atoms with Crippen LogP contribution in [0.5, 0.6) is 0 Å². The van der Waals surface area contributed by atoms with E-state index >= 15 is 0 Å². The zero-order chi connectivity index (χ0) is 2.71. The molecule has 0 aliphatic heterocycles. The standard InChI is InChI=1S/C2H5Br.Hg/c1-2-3;/h2H2,1H3;. The van der Waals surface area contributed by atoms with Gasteiger partial charge in [0.25, 0.3) is 0 Å². The summed E-state index contributed by atoms with van der Waals surface area (Å²) in [6.45, 7) is 2.04. The van der Waals surface area contributed by atoms with Gasteiger partial charge in [0, 0.05) is 33.0 Å². The molecule has 2 heteroatoms. The third-order valence-electron chi connectivity index (χ3n) is 0. The first-order chi connectivity index (χ1) is 1.41. The molecular weight excluding hydrogens is 305 g/mol. The minimum atomic E-state index is 0. The van der Waals surface area contributed by atoms with Crippen LogP contribution in [0.3, 0.4) is 0 Å². The van der Waals surface area contributed by atoms with Gasteiger partial charge >= 0.3 is 0 Å². The third-order valence-corrected chi connectivity index (χ3v) is 0. The van der Waals surface area contributed by atoms with E-state index in [4.69, 9.17) is 0 Å². The van der Waals surface area contributed by atoms with E-state index in [1.165, 1.54) is 0 Å². The van der Waals surface area contributed by atoms with E-state index in [0.29, 0.717) is 0 Å². The Labute approximate surface area is 55.6 Å².